The van der Waals surface area contributed by atoms with Gasteiger partial charge in [0.25, 0.3) is 0 Å². The maximum Gasteiger partial charge on any atom is 0.120 e. The van der Waals surface area contributed by atoms with Crippen LogP contribution in [0.4, 0.5) is 0 Å². The molecule has 0 radical (unpaired) electrons. The van der Waals surface area contributed by atoms with E-state index in [1.54, 1.807) is 0 Å². The summed E-state index contributed by atoms with van der Waals surface area (Å²) in [5, 5.41) is 0. The number of aldehydes is 1. The first-order valence-corrected chi connectivity index (χ1v) is 8.09. The van der Waals surface area contributed by atoms with Gasteiger partial charge < -0.3 is 4.79 Å². The molecule has 0 bridgehead atoms. The molecule has 0 spiro atoms. The fourth-order valence-electron chi connectivity index (χ4n) is 1.41. The van der Waals surface area contributed by atoms with E-state index in [1.165, 1.54) is 31.2 Å². The first kappa shape index (κ1) is 21.2. The second kappa shape index (κ2) is 17.9. The maximum absolute atomic E-state index is 9.62. The molecule has 0 atom stereocenters. The second-order valence-electron chi connectivity index (χ2n) is 5.34. The minimum absolute atomic E-state index is 0.530. The fourth-order valence-corrected chi connectivity index (χ4v) is 1.41. The third kappa shape index (κ3) is 19.2. The molecule has 1 aromatic rings. The predicted molar refractivity (Wildman–Crippen MR) is 91.2 cm³/mol. The van der Waals surface area contributed by atoms with E-state index in [-0.39, 0.29) is 0 Å². The van der Waals surface area contributed by atoms with Gasteiger partial charge in [0.05, 0.1) is 0 Å². The van der Waals surface area contributed by atoms with Crippen LogP contribution in [0.25, 0.3) is 0 Å². The predicted octanol–water partition coefficient (Wildman–Crippen LogP) is 6.07. The minimum Gasteiger partial charge on any atom is -0.303 e. The fraction of sp³-hybridized carbons (Fsp3) is 0.632. The zero-order chi connectivity index (χ0) is 15.6. The normalized spacial score (nSPS) is 9.10. The van der Waals surface area contributed by atoms with Crippen molar-refractivity contribution >= 4 is 6.29 Å². The first-order chi connectivity index (χ1) is 9.62. The van der Waals surface area contributed by atoms with Crippen LogP contribution >= 0.6 is 0 Å². The molecule has 0 fully saturated rings. The molecule has 1 heteroatoms. The molecule has 0 aliphatic heterocycles. The van der Waals surface area contributed by atoms with E-state index in [9.17, 15) is 4.79 Å². The van der Waals surface area contributed by atoms with Crippen LogP contribution in [-0.4, -0.2) is 6.29 Å². The van der Waals surface area contributed by atoms with Gasteiger partial charge in [0.1, 0.15) is 6.29 Å². The number of unbranched alkanes of at least 4 members (excludes halogenated alkanes) is 3. The number of hydrogen-bond acceptors (Lipinski definition) is 1. The number of aryl methyl sites for hydroxylation is 1. The van der Waals surface area contributed by atoms with Gasteiger partial charge in [-0.1, -0.05) is 90.6 Å². The summed E-state index contributed by atoms with van der Waals surface area (Å²) in [6.45, 7) is 10.7. The van der Waals surface area contributed by atoms with Crippen LogP contribution in [0.5, 0.6) is 0 Å². The maximum atomic E-state index is 9.62. The van der Waals surface area contributed by atoms with Crippen LogP contribution in [0, 0.1) is 5.92 Å². The zero-order valence-electron chi connectivity index (χ0n) is 14.2. The Balaban J connectivity index is 0. The molecular weight excluding hydrogens is 244 g/mol. The monoisotopic (exact) mass is 278 g/mol. The molecule has 20 heavy (non-hydrogen) atoms. The van der Waals surface area contributed by atoms with E-state index >= 15 is 0 Å². The highest BCUT2D eigenvalue weighted by Crippen LogP contribution is 1.97. The van der Waals surface area contributed by atoms with Crippen LogP contribution in [0.3, 0.4) is 0 Å². The van der Waals surface area contributed by atoms with Gasteiger partial charge in [-0.2, -0.15) is 0 Å². The summed E-state index contributed by atoms with van der Waals surface area (Å²) in [4.78, 5) is 9.62. The Hall–Kier alpha value is -1.11. The molecule has 0 saturated heterocycles. The lowest BCUT2D eigenvalue weighted by atomic mass is 10.2. The van der Waals surface area contributed by atoms with Gasteiger partial charge >= 0.3 is 0 Å². The molecular formula is C19H34O. The topological polar surface area (TPSA) is 17.1 Å². The molecule has 0 aliphatic rings. The molecule has 0 aromatic heterocycles. The smallest absolute Gasteiger partial charge is 0.120 e. The average molecular weight is 278 g/mol. The summed E-state index contributed by atoms with van der Waals surface area (Å²) in [7, 11) is 0. The molecule has 1 rings (SSSR count). The van der Waals surface area contributed by atoms with Crippen LogP contribution in [0.2, 0.25) is 0 Å². The Labute approximate surface area is 126 Å². The Bertz CT molecular complexity index is 273. The Morgan fingerprint density at radius 3 is 1.65 bits per heavy atom. The molecule has 0 heterocycles. The molecule has 1 nitrogen and oxygen atoms in total. The van der Waals surface area contributed by atoms with Crippen molar-refractivity contribution in [3.05, 3.63) is 35.9 Å². The van der Waals surface area contributed by atoms with Crippen molar-refractivity contribution in [2.24, 2.45) is 5.92 Å². The van der Waals surface area contributed by atoms with Crippen molar-refractivity contribution in [1.29, 1.82) is 0 Å². The van der Waals surface area contributed by atoms with Crippen molar-refractivity contribution in [2.75, 3.05) is 0 Å². The van der Waals surface area contributed by atoms with Crippen molar-refractivity contribution in [1.82, 2.24) is 0 Å². The third-order valence-corrected chi connectivity index (χ3v) is 2.78. The molecule has 116 valence electrons. The van der Waals surface area contributed by atoms with E-state index in [4.69, 9.17) is 0 Å². The van der Waals surface area contributed by atoms with E-state index in [0.717, 1.165) is 12.7 Å². The van der Waals surface area contributed by atoms with Gasteiger partial charge in [-0.15, -0.1) is 0 Å². The van der Waals surface area contributed by atoms with Crippen LogP contribution in [-0.2, 0) is 11.2 Å². The lowest BCUT2D eigenvalue weighted by Gasteiger charge is -1.89. The summed E-state index contributed by atoms with van der Waals surface area (Å²) in [6.07, 6.45) is 8.32. The first-order valence-electron chi connectivity index (χ1n) is 8.09. The number of benzene rings is 1. The highest BCUT2D eigenvalue weighted by atomic mass is 16.1. The van der Waals surface area contributed by atoms with Crippen LogP contribution in [0.1, 0.15) is 72.3 Å². The van der Waals surface area contributed by atoms with Gasteiger partial charge in [-0.25, -0.2) is 0 Å². The molecule has 0 amide bonds. The van der Waals surface area contributed by atoms with Crippen molar-refractivity contribution in [3.8, 4) is 0 Å². The minimum atomic E-state index is 0.530. The Kier molecular flexibility index (Phi) is 19.0. The standard InChI is InChI=1S/C8H10.C6H14.C5H10O/c1-2-8-6-4-3-5-7-8;1-3-5-6-4-2;1-5(2)3-4-6/h3-7H,2H2,1H3;3-6H2,1-2H3;4-5H,3H2,1-2H3. The van der Waals surface area contributed by atoms with E-state index < -0.39 is 0 Å². The summed E-state index contributed by atoms with van der Waals surface area (Å²) in [5.74, 6) is 0.530. The van der Waals surface area contributed by atoms with Gasteiger partial charge in [0.15, 0.2) is 0 Å². The lowest BCUT2D eigenvalue weighted by Crippen LogP contribution is -1.84. The van der Waals surface area contributed by atoms with Crippen molar-refractivity contribution in [3.63, 3.8) is 0 Å². The molecule has 0 aliphatic carbocycles. The summed E-state index contributed by atoms with van der Waals surface area (Å²) in [5.41, 5.74) is 1.41. The molecule has 0 saturated carbocycles. The van der Waals surface area contributed by atoms with E-state index in [1.807, 2.05) is 19.9 Å². The second-order valence-corrected chi connectivity index (χ2v) is 5.34. The summed E-state index contributed by atoms with van der Waals surface area (Å²) < 4.78 is 0. The van der Waals surface area contributed by atoms with Crippen molar-refractivity contribution < 1.29 is 4.79 Å². The molecule has 0 N–H and O–H groups in total. The molecule has 0 unspecified atom stereocenters. The Morgan fingerprint density at radius 2 is 1.45 bits per heavy atom. The summed E-state index contributed by atoms with van der Waals surface area (Å²) >= 11 is 0. The quantitative estimate of drug-likeness (QED) is 0.456. The highest BCUT2D eigenvalue weighted by Gasteiger charge is 1.85. The van der Waals surface area contributed by atoms with Gasteiger partial charge in [-0.05, 0) is 17.9 Å². The number of rotatable bonds is 6. The van der Waals surface area contributed by atoms with E-state index in [0.29, 0.717) is 12.3 Å². The largest absolute Gasteiger partial charge is 0.303 e. The number of hydrogen-bond donors (Lipinski definition) is 0. The van der Waals surface area contributed by atoms with E-state index in [2.05, 4.69) is 45.0 Å². The number of carbonyl (C=O) groups excluding carboxylic acids is 1. The zero-order valence-corrected chi connectivity index (χ0v) is 14.2. The summed E-state index contributed by atoms with van der Waals surface area (Å²) in [6, 6.07) is 10.5. The van der Waals surface area contributed by atoms with Gasteiger partial charge in [0.2, 0.25) is 0 Å². The van der Waals surface area contributed by atoms with Gasteiger partial charge in [-0.3, -0.25) is 0 Å². The molecule has 1 aromatic carbocycles. The Morgan fingerprint density at radius 1 is 0.950 bits per heavy atom. The third-order valence-electron chi connectivity index (χ3n) is 2.78. The highest BCUT2D eigenvalue weighted by molar-refractivity contribution is 5.49. The van der Waals surface area contributed by atoms with Crippen LogP contribution in [0.15, 0.2) is 30.3 Å². The lowest BCUT2D eigenvalue weighted by molar-refractivity contribution is -0.108. The average Bonchev–Trinajstić information content (AvgIpc) is 2.47. The van der Waals surface area contributed by atoms with Crippen LogP contribution < -0.4 is 0 Å². The SMILES string of the molecule is CC(C)CC=O.CCCCCC.CCc1ccccc1. The van der Waals surface area contributed by atoms with Gasteiger partial charge in [0, 0.05) is 6.42 Å². The number of carbonyl (C=O) groups is 1. The van der Waals surface area contributed by atoms with Crippen molar-refractivity contribution in [2.45, 2.75) is 73.1 Å².